The number of nitrogens with zero attached hydrogens (tertiary/aromatic N) is 1. The Hall–Kier alpha value is -1.23. The van der Waals surface area contributed by atoms with Crippen LogP contribution in [-0.2, 0) is 4.79 Å². The van der Waals surface area contributed by atoms with Crippen LogP contribution in [0.5, 0.6) is 0 Å². The maximum atomic E-state index is 11.4. The van der Waals surface area contributed by atoms with Crippen molar-refractivity contribution in [2.45, 2.75) is 6.92 Å². The molecule has 6 heteroatoms. The maximum absolute atomic E-state index is 11.4. The minimum absolute atomic E-state index is 0.0439. The van der Waals surface area contributed by atoms with Crippen LogP contribution < -0.4 is 5.32 Å². The van der Waals surface area contributed by atoms with Gasteiger partial charge < -0.3 is 15.3 Å². The van der Waals surface area contributed by atoms with E-state index in [0.29, 0.717) is 18.1 Å². The molecule has 0 aliphatic carbocycles. The second kappa shape index (κ2) is 5.21. The van der Waals surface area contributed by atoms with Crippen LogP contribution in [-0.4, -0.2) is 41.6 Å². The summed E-state index contributed by atoms with van der Waals surface area (Å²) in [6.07, 6.45) is 0. The van der Waals surface area contributed by atoms with Crippen molar-refractivity contribution in [3.63, 3.8) is 0 Å². The third-order valence-electron chi connectivity index (χ3n) is 2.73. The summed E-state index contributed by atoms with van der Waals surface area (Å²) < 4.78 is 0. The van der Waals surface area contributed by atoms with E-state index < -0.39 is 11.9 Å². The third-order valence-corrected chi connectivity index (χ3v) is 2.86. The minimum Gasteiger partial charge on any atom is -0.481 e. The highest BCUT2D eigenvalue weighted by atomic mass is 35.5. The van der Waals surface area contributed by atoms with E-state index in [-0.39, 0.29) is 18.5 Å². The fourth-order valence-corrected chi connectivity index (χ4v) is 1.55. The lowest BCUT2D eigenvalue weighted by atomic mass is 9.87. The molecule has 0 aromatic heterocycles. The van der Waals surface area contributed by atoms with Gasteiger partial charge in [0.2, 0.25) is 0 Å². The van der Waals surface area contributed by atoms with Crippen molar-refractivity contribution in [1.82, 2.24) is 10.2 Å². The number of carbonyl (C=O) groups is 2. The first-order valence-electron chi connectivity index (χ1n) is 5.00. The Morgan fingerprint density at radius 1 is 1.62 bits per heavy atom. The molecule has 0 spiro atoms. The smallest absolute Gasteiger partial charge is 0.317 e. The lowest BCUT2D eigenvalue weighted by Crippen LogP contribution is -2.56. The molecule has 2 N–H and O–H groups in total. The molecule has 1 rings (SSSR count). The number of halogens is 1. The number of nitrogens with one attached hydrogen (secondary N) is 1. The van der Waals surface area contributed by atoms with Crippen molar-refractivity contribution in [1.29, 1.82) is 0 Å². The van der Waals surface area contributed by atoms with Crippen molar-refractivity contribution in [3.8, 4) is 0 Å². The Balaban J connectivity index is 2.27. The van der Waals surface area contributed by atoms with Crippen LogP contribution in [0.25, 0.3) is 0 Å². The molecule has 1 saturated heterocycles. The molecule has 5 nitrogen and oxygen atoms in total. The van der Waals surface area contributed by atoms with Gasteiger partial charge in [0.1, 0.15) is 0 Å². The van der Waals surface area contributed by atoms with Crippen LogP contribution in [0.2, 0.25) is 0 Å². The van der Waals surface area contributed by atoms with Gasteiger partial charge in [0.15, 0.2) is 0 Å². The molecule has 1 aliphatic heterocycles. The van der Waals surface area contributed by atoms with Crippen LogP contribution in [0.3, 0.4) is 0 Å². The molecule has 16 heavy (non-hydrogen) atoms. The van der Waals surface area contributed by atoms with Crippen molar-refractivity contribution in [2.24, 2.45) is 11.8 Å². The third kappa shape index (κ3) is 3.13. The Kier molecular flexibility index (Phi) is 4.18. The van der Waals surface area contributed by atoms with E-state index in [4.69, 9.17) is 16.7 Å². The molecular weight excluding hydrogens is 232 g/mol. The highest BCUT2D eigenvalue weighted by Gasteiger charge is 2.36. The standard InChI is InChI=1S/C10H15ClN2O3/c1-6(11)3-12-10(16)13-4-8(5-13)7(2)9(14)15/h7-8H,1,3-5H2,2H3,(H,12,16)(H,14,15). The van der Waals surface area contributed by atoms with E-state index in [1.807, 2.05) is 0 Å². The minimum atomic E-state index is -0.820. The zero-order valence-electron chi connectivity index (χ0n) is 9.07. The number of hydrogen-bond donors (Lipinski definition) is 2. The fourth-order valence-electron chi connectivity index (χ4n) is 1.48. The summed E-state index contributed by atoms with van der Waals surface area (Å²) >= 11 is 5.50. The zero-order valence-corrected chi connectivity index (χ0v) is 9.83. The van der Waals surface area contributed by atoms with E-state index in [1.54, 1.807) is 11.8 Å². The summed E-state index contributed by atoms with van der Waals surface area (Å²) in [6, 6.07) is -0.226. The average Bonchev–Trinajstić information content (AvgIpc) is 2.11. The van der Waals surface area contributed by atoms with E-state index in [1.165, 1.54) is 0 Å². The van der Waals surface area contributed by atoms with Gasteiger partial charge in [-0.1, -0.05) is 25.1 Å². The summed E-state index contributed by atoms with van der Waals surface area (Å²) in [6.45, 7) is 6.30. The van der Waals surface area contributed by atoms with Gasteiger partial charge in [-0.05, 0) is 0 Å². The van der Waals surface area contributed by atoms with Gasteiger partial charge in [0, 0.05) is 24.0 Å². The van der Waals surface area contributed by atoms with Crippen LogP contribution in [0, 0.1) is 11.8 Å². The molecule has 1 heterocycles. The topological polar surface area (TPSA) is 69.6 Å². The SMILES string of the molecule is C=C(Cl)CNC(=O)N1CC(C(C)C(=O)O)C1. The second-order valence-corrected chi connectivity index (χ2v) is 4.50. The van der Waals surface area contributed by atoms with Crippen LogP contribution in [0.1, 0.15) is 6.92 Å². The number of carbonyl (C=O) groups excluding carboxylic acids is 1. The molecular formula is C10H15ClN2O3. The van der Waals surface area contributed by atoms with Gasteiger partial charge in [-0.25, -0.2) is 4.79 Å². The molecule has 90 valence electrons. The normalized spacial score (nSPS) is 17.5. The van der Waals surface area contributed by atoms with Gasteiger partial charge in [-0.3, -0.25) is 4.79 Å². The second-order valence-electron chi connectivity index (χ2n) is 3.97. The number of aliphatic carboxylic acids is 1. The first-order valence-corrected chi connectivity index (χ1v) is 5.38. The molecule has 0 aromatic carbocycles. The fraction of sp³-hybridized carbons (Fsp3) is 0.600. The van der Waals surface area contributed by atoms with Crippen LogP contribution >= 0.6 is 11.6 Å². The van der Waals surface area contributed by atoms with Gasteiger partial charge in [0.25, 0.3) is 0 Å². The number of amides is 2. The molecule has 1 unspecified atom stereocenters. The summed E-state index contributed by atoms with van der Waals surface area (Å²) in [5.74, 6) is -1.19. The van der Waals surface area contributed by atoms with E-state index in [0.717, 1.165) is 0 Å². The Morgan fingerprint density at radius 3 is 2.62 bits per heavy atom. The molecule has 0 aromatic rings. The van der Waals surface area contributed by atoms with E-state index in [2.05, 4.69) is 11.9 Å². The van der Waals surface area contributed by atoms with Gasteiger partial charge >= 0.3 is 12.0 Å². The molecule has 1 atom stereocenters. The number of carboxylic acid groups (broad SMARTS) is 1. The monoisotopic (exact) mass is 246 g/mol. The molecule has 2 amide bonds. The lowest BCUT2D eigenvalue weighted by molar-refractivity contribution is -0.144. The number of urea groups is 1. The summed E-state index contributed by atoms with van der Waals surface area (Å²) in [4.78, 5) is 23.7. The van der Waals surface area contributed by atoms with Gasteiger partial charge in [0.05, 0.1) is 12.5 Å². The predicted octanol–water partition coefficient (Wildman–Crippen LogP) is 1.10. The van der Waals surface area contributed by atoms with Crippen molar-refractivity contribution < 1.29 is 14.7 Å². The van der Waals surface area contributed by atoms with E-state index in [9.17, 15) is 9.59 Å². The largest absolute Gasteiger partial charge is 0.481 e. The summed E-state index contributed by atoms with van der Waals surface area (Å²) in [5.41, 5.74) is 0. The Labute approximate surface area is 99.1 Å². The first-order chi connectivity index (χ1) is 7.41. The van der Waals surface area contributed by atoms with Gasteiger partial charge in [-0.15, -0.1) is 0 Å². The highest BCUT2D eigenvalue weighted by Crippen LogP contribution is 2.23. The maximum Gasteiger partial charge on any atom is 0.317 e. The summed E-state index contributed by atoms with van der Waals surface area (Å²) in [5, 5.41) is 11.7. The van der Waals surface area contributed by atoms with Crippen LogP contribution in [0.15, 0.2) is 11.6 Å². The van der Waals surface area contributed by atoms with Crippen molar-refractivity contribution in [3.05, 3.63) is 11.6 Å². The molecule has 1 aliphatic rings. The van der Waals surface area contributed by atoms with Gasteiger partial charge in [-0.2, -0.15) is 0 Å². The number of carboxylic acids is 1. The number of likely N-dealkylation sites (tertiary alicyclic amines) is 1. The predicted molar refractivity (Wildman–Crippen MR) is 60.3 cm³/mol. The first kappa shape index (κ1) is 12.8. The molecule has 0 saturated carbocycles. The zero-order chi connectivity index (χ0) is 12.3. The Morgan fingerprint density at radius 2 is 2.19 bits per heavy atom. The molecule has 1 fully saturated rings. The number of hydrogen-bond acceptors (Lipinski definition) is 2. The highest BCUT2D eigenvalue weighted by molar-refractivity contribution is 6.29. The van der Waals surface area contributed by atoms with Crippen molar-refractivity contribution >= 4 is 23.6 Å². The number of rotatable bonds is 4. The lowest BCUT2D eigenvalue weighted by Gasteiger charge is -2.41. The molecule has 0 radical (unpaired) electrons. The Bertz CT molecular complexity index is 313. The average molecular weight is 247 g/mol. The van der Waals surface area contributed by atoms with Crippen LogP contribution in [0.4, 0.5) is 4.79 Å². The van der Waals surface area contributed by atoms with E-state index >= 15 is 0 Å². The quantitative estimate of drug-likeness (QED) is 0.781. The summed E-state index contributed by atoms with van der Waals surface area (Å²) in [7, 11) is 0. The van der Waals surface area contributed by atoms with Crippen molar-refractivity contribution in [2.75, 3.05) is 19.6 Å². The molecule has 0 bridgehead atoms.